The molecule has 1 aromatic rings. The number of amides is 1. The molecule has 0 N–H and O–H groups in total. The Balaban J connectivity index is 2.67. The van der Waals surface area contributed by atoms with E-state index in [1.807, 2.05) is 0 Å². The largest absolute Gasteiger partial charge is 0.466 e. The normalized spacial score (nSPS) is 9.90. The second-order valence-electron chi connectivity index (χ2n) is 4.09. The summed E-state index contributed by atoms with van der Waals surface area (Å²) in [5, 5.41) is 10.7. The molecule has 20 heavy (non-hydrogen) atoms. The Bertz CT molecular complexity index is 515. The quantitative estimate of drug-likeness (QED) is 0.448. The lowest BCUT2D eigenvalue weighted by atomic mass is 10.2. The summed E-state index contributed by atoms with van der Waals surface area (Å²) < 4.78 is 4.76. The minimum atomic E-state index is -0.560. The van der Waals surface area contributed by atoms with Gasteiger partial charge >= 0.3 is 5.97 Å². The van der Waals surface area contributed by atoms with Crippen LogP contribution in [0.4, 0.5) is 5.69 Å². The molecule has 0 unspecified atom stereocenters. The topological polar surface area (TPSA) is 89.8 Å². The van der Waals surface area contributed by atoms with Crippen LogP contribution < -0.4 is 0 Å². The van der Waals surface area contributed by atoms with E-state index in [1.165, 1.54) is 36.2 Å². The number of nitro groups is 1. The van der Waals surface area contributed by atoms with Crippen molar-refractivity contribution in [3.05, 3.63) is 39.9 Å². The third kappa shape index (κ3) is 4.34. The lowest BCUT2D eigenvalue weighted by molar-refractivity contribution is -0.384. The molecule has 1 rings (SSSR count). The van der Waals surface area contributed by atoms with Gasteiger partial charge in [0.25, 0.3) is 11.6 Å². The first-order valence-electron chi connectivity index (χ1n) is 6.11. The molecule has 0 aliphatic heterocycles. The lowest BCUT2D eigenvalue weighted by Gasteiger charge is -2.16. The molecule has 0 heterocycles. The Morgan fingerprint density at radius 3 is 2.70 bits per heavy atom. The van der Waals surface area contributed by atoms with Crippen molar-refractivity contribution in [2.75, 3.05) is 20.2 Å². The first-order chi connectivity index (χ1) is 9.45. The van der Waals surface area contributed by atoms with Gasteiger partial charge in [-0.1, -0.05) is 6.07 Å². The van der Waals surface area contributed by atoms with E-state index >= 15 is 0 Å². The van der Waals surface area contributed by atoms with Gasteiger partial charge in [0.2, 0.25) is 0 Å². The number of nitro benzene ring substituents is 1. The lowest BCUT2D eigenvalue weighted by Crippen LogP contribution is -2.29. The third-order valence-corrected chi connectivity index (χ3v) is 2.61. The maximum absolute atomic E-state index is 12.0. The van der Waals surface area contributed by atoms with Crippen molar-refractivity contribution in [3.63, 3.8) is 0 Å². The summed E-state index contributed by atoms with van der Waals surface area (Å²) in [6.45, 7) is 2.19. The van der Waals surface area contributed by atoms with Crippen molar-refractivity contribution in [1.82, 2.24) is 4.90 Å². The summed E-state index contributed by atoms with van der Waals surface area (Å²) in [4.78, 5) is 34.7. The zero-order valence-electron chi connectivity index (χ0n) is 11.4. The number of hydrogen-bond acceptors (Lipinski definition) is 5. The number of carbonyl (C=O) groups excluding carboxylic acids is 2. The molecule has 1 amide bonds. The number of non-ortho nitro benzene ring substituents is 1. The van der Waals surface area contributed by atoms with Gasteiger partial charge in [-0.2, -0.15) is 0 Å². The van der Waals surface area contributed by atoms with Crippen LogP contribution in [0.15, 0.2) is 24.3 Å². The minimum Gasteiger partial charge on any atom is -0.466 e. The molecule has 0 aliphatic carbocycles. The van der Waals surface area contributed by atoms with Gasteiger partial charge < -0.3 is 9.64 Å². The Kier molecular flexibility index (Phi) is 5.64. The predicted octanol–water partition coefficient (Wildman–Crippen LogP) is 1.62. The molecule has 0 spiro atoms. The Labute approximate surface area is 116 Å². The SMILES string of the molecule is CCOC(=O)CCN(C)C(=O)c1cccc([N+](=O)[O-])c1. The Morgan fingerprint density at radius 1 is 1.40 bits per heavy atom. The summed E-state index contributed by atoms with van der Waals surface area (Å²) in [7, 11) is 1.53. The molecule has 7 nitrogen and oxygen atoms in total. The molecule has 0 saturated carbocycles. The summed E-state index contributed by atoms with van der Waals surface area (Å²) >= 11 is 0. The monoisotopic (exact) mass is 280 g/mol. The van der Waals surface area contributed by atoms with Crippen molar-refractivity contribution >= 4 is 17.6 Å². The van der Waals surface area contributed by atoms with E-state index in [0.29, 0.717) is 6.61 Å². The maximum atomic E-state index is 12.0. The molecule has 0 saturated heterocycles. The smallest absolute Gasteiger partial charge is 0.307 e. The molecule has 108 valence electrons. The van der Waals surface area contributed by atoms with Crippen LogP contribution in [0, 0.1) is 10.1 Å². The molecule has 0 aromatic heterocycles. The number of rotatable bonds is 6. The van der Waals surface area contributed by atoms with Crippen LogP contribution >= 0.6 is 0 Å². The zero-order valence-corrected chi connectivity index (χ0v) is 11.4. The standard InChI is InChI=1S/C13H16N2O5/c1-3-20-12(16)7-8-14(2)13(17)10-5-4-6-11(9-10)15(18)19/h4-6,9H,3,7-8H2,1-2H3. The summed E-state index contributed by atoms with van der Waals surface area (Å²) in [6.07, 6.45) is 0.0883. The number of esters is 1. The van der Waals surface area contributed by atoms with Gasteiger partial charge in [0.15, 0.2) is 0 Å². The van der Waals surface area contributed by atoms with E-state index in [2.05, 4.69) is 0 Å². The van der Waals surface area contributed by atoms with Gasteiger partial charge in [-0.25, -0.2) is 0 Å². The number of benzene rings is 1. The highest BCUT2D eigenvalue weighted by Gasteiger charge is 2.16. The third-order valence-electron chi connectivity index (χ3n) is 2.61. The Morgan fingerprint density at radius 2 is 2.10 bits per heavy atom. The van der Waals surface area contributed by atoms with Crippen LogP contribution in [0.3, 0.4) is 0 Å². The molecule has 0 aliphatic rings. The highest BCUT2D eigenvalue weighted by atomic mass is 16.6. The van der Waals surface area contributed by atoms with Crippen molar-refractivity contribution in [1.29, 1.82) is 0 Å². The van der Waals surface area contributed by atoms with Crippen molar-refractivity contribution in [2.24, 2.45) is 0 Å². The van der Waals surface area contributed by atoms with Crippen molar-refractivity contribution in [3.8, 4) is 0 Å². The zero-order chi connectivity index (χ0) is 15.1. The van der Waals surface area contributed by atoms with Gasteiger partial charge in [-0.15, -0.1) is 0 Å². The fraction of sp³-hybridized carbons (Fsp3) is 0.385. The van der Waals surface area contributed by atoms with Crippen molar-refractivity contribution < 1.29 is 19.2 Å². The molecule has 0 bridgehead atoms. The predicted molar refractivity (Wildman–Crippen MR) is 71.3 cm³/mol. The number of ether oxygens (including phenoxy) is 1. The second-order valence-corrected chi connectivity index (χ2v) is 4.09. The molecule has 7 heteroatoms. The van der Waals surface area contributed by atoms with Gasteiger partial charge in [0, 0.05) is 31.3 Å². The molecule has 0 radical (unpaired) electrons. The van der Waals surface area contributed by atoms with Crippen LogP contribution in [-0.2, 0) is 9.53 Å². The molecule has 1 aromatic carbocycles. The number of hydrogen-bond donors (Lipinski definition) is 0. The molecule has 0 fully saturated rings. The first-order valence-corrected chi connectivity index (χ1v) is 6.11. The maximum Gasteiger partial charge on any atom is 0.307 e. The number of carbonyl (C=O) groups is 2. The first kappa shape index (κ1) is 15.6. The highest BCUT2D eigenvalue weighted by molar-refractivity contribution is 5.94. The summed E-state index contributed by atoms with van der Waals surface area (Å²) in [6, 6.07) is 5.47. The van der Waals surface area contributed by atoms with Gasteiger partial charge in [-0.3, -0.25) is 19.7 Å². The van der Waals surface area contributed by atoms with Crippen LogP contribution in [0.5, 0.6) is 0 Å². The van der Waals surface area contributed by atoms with Crippen LogP contribution in [-0.4, -0.2) is 41.9 Å². The van der Waals surface area contributed by atoms with Crippen LogP contribution in [0.1, 0.15) is 23.7 Å². The van der Waals surface area contributed by atoms with Crippen LogP contribution in [0.25, 0.3) is 0 Å². The second kappa shape index (κ2) is 7.22. The molecular formula is C13H16N2O5. The van der Waals surface area contributed by atoms with E-state index in [1.54, 1.807) is 6.92 Å². The van der Waals surface area contributed by atoms with Crippen LogP contribution in [0.2, 0.25) is 0 Å². The fourth-order valence-corrected chi connectivity index (χ4v) is 1.57. The van der Waals surface area contributed by atoms with Crippen molar-refractivity contribution in [2.45, 2.75) is 13.3 Å². The van der Waals surface area contributed by atoms with E-state index in [9.17, 15) is 19.7 Å². The highest BCUT2D eigenvalue weighted by Crippen LogP contribution is 2.14. The van der Waals surface area contributed by atoms with E-state index in [0.717, 1.165) is 0 Å². The summed E-state index contributed by atoms with van der Waals surface area (Å²) in [5.41, 5.74) is 0.0696. The summed E-state index contributed by atoms with van der Waals surface area (Å²) in [5.74, 6) is -0.760. The Hall–Kier alpha value is -2.44. The van der Waals surface area contributed by atoms with Gasteiger partial charge in [0.1, 0.15) is 0 Å². The number of nitrogens with zero attached hydrogens (tertiary/aromatic N) is 2. The van der Waals surface area contributed by atoms with E-state index in [4.69, 9.17) is 4.74 Å². The molecular weight excluding hydrogens is 264 g/mol. The molecule has 0 atom stereocenters. The minimum absolute atomic E-state index is 0.0883. The van der Waals surface area contributed by atoms with Gasteiger partial charge in [-0.05, 0) is 13.0 Å². The average molecular weight is 280 g/mol. The van der Waals surface area contributed by atoms with E-state index in [-0.39, 0.29) is 36.1 Å². The fourth-order valence-electron chi connectivity index (χ4n) is 1.57. The van der Waals surface area contributed by atoms with E-state index < -0.39 is 4.92 Å². The average Bonchev–Trinajstić information content (AvgIpc) is 2.44. The van der Waals surface area contributed by atoms with Gasteiger partial charge in [0.05, 0.1) is 18.0 Å².